The second kappa shape index (κ2) is 6.46. The molecular weight excluding hydrogens is 286 g/mol. The highest BCUT2D eigenvalue weighted by Crippen LogP contribution is 2.35. The van der Waals surface area contributed by atoms with E-state index in [1.165, 1.54) is 0 Å². The van der Waals surface area contributed by atoms with Crippen LogP contribution in [0.1, 0.15) is 50.7 Å². The highest BCUT2D eigenvalue weighted by atomic mass is 32.2. The maximum atomic E-state index is 12.3. The van der Waals surface area contributed by atoms with Gasteiger partial charge >= 0.3 is 0 Å². The van der Waals surface area contributed by atoms with Crippen LogP contribution in [0.2, 0.25) is 0 Å². The van der Waals surface area contributed by atoms with Gasteiger partial charge in [-0.25, -0.2) is 13.1 Å². The summed E-state index contributed by atoms with van der Waals surface area (Å²) in [5.74, 6) is -0.00433. The van der Waals surface area contributed by atoms with Gasteiger partial charge in [0.1, 0.15) is 0 Å². The quantitative estimate of drug-likeness (QED) is 0.878. The molecule has 2 N–H and O–H groups in total. The first-order valence-electron chi connectivity index (χ1n) is 7.48. The van der Waals surface area contributed by atoms with E-state index in [0.29, 0.717) is 0 Å². The Morgan fingerprint density at radius 2 is 1.86 bits per heavy atom. The van der Waals surface area contributed by atoms with Crippen LogP contribution < -0.4 is 4.72 Å². The first-order chi connectivity index (χ1) is 9.80. The standard InChI is InChI=1S/C16H25NO3S/c1-16(2)9-3-4-15(10-16)17-21(19,20)12-14-7-5-13(11-18)6-8-14/h5-8,15,17-18H,3-4,9-12H2,1-2H3. The Balaban J connectivity index is 1.98. The molecule has 2 rings (SSSR count). The van der Waals surface area contributed by atoms with Crippen molar-refractivity contribution in [2.75, 3.05) is 0 Å². The summed E-state index contributed by atoms with van der Waals surface area (Å²) in [5.41, 5.74) is 1.75. The SMILES string of the molecule is CC1(C)CCCC(NS(=O)(=O)Cc2ccc(CO)cc2)C1. The van der Waals surface area contributed by atoms with Crippen LogP contribution in [0.5, 0.6) is 0 Å². The fourth-order valence-electron chi connectivity index (χ4n) is 3.05. The average molecular weight is 311 g/mol. The summed E-state index contributed by atoms with van der Waals surface area (Å²) in [7, 11) is -3.32. The highest BCUT2D eigenvalue weighted by Gasteiger charge is 2.30. The normalized spacial score (nSPS) is 22.1. The van der Waals surface area contributed by atoms with Crippen molar-refractivity contribution in [1.29, 1.82) is 0 Å². The van der Waals surface area contributed by atoms with Crippen molar-refractivity contribution >= 4 is 10.0 Å². The van der Waals surface area contributed by atoms with Crippen LogP contribution in [0.4, 0.5) is 0 Å². The number of nitrogens with one attached hydrogen (secondary N) is 1. The molecular formula is C16H25NO3S. The molecule has 1 aromatic carbocycles. The molecule has 1 aromatic rings. The van der Waals surface area contributed by atoms with Crippen molar-refractivity contribution in [3.63, 3.8) is 0 Å². The van der Waals surface area contributed by atoms with E-state index in [9.17, 15) is 8.42 Å². The van der Waals surface area contributed by atoms with Gasteiger partial charge in [-0.15, -0.1) is 0 Å². The smallest absolute Gasteiger partial charge is 0.216 e. The number of benzene rings is 1. The molecule has 1 saturated carbocycles. The van der Waals surface area contributed by atoms with E-state index in [2.05, 4.69) is 18.6 Å². The number of sulfonamides is 1. The van der Waals surface area contributed by atoms with Gasteiger partial charge in [0.25, 0.3) is 0 Å². The monoisotopic (exact) mass is 311 g/mol. The molecule has 0 aliphatic heterocycles. The zero-order chi connectivity index (χ0) is 15.5. The molecule has 118 valence electrons. The Hall–Kier alpha value is -0.910. The van der Waals surface area contributed by atoms with Crippen LogP contribution in [0.25, 0.3) is 0 Å². The van der Waals surface area contributed by atoms with Gasteiger partial charge in [-0.3, -0.25) is 0 Å². The zero-order valence-corrected chi connectivity index (χ0v) is 13.6. The number of rotatable bonds is 5. The number of aliphatic hydroxyl groups is 1. The average Bonchev–Trinajstić information content (AvgIpc) is 2.37. The Bertz CT molecular complexity index is 564. The summed E-state index contributed by atoms with van der Waals surface area (Å²) in [6.45, 7) is 4.37. The molecule has 1 atom stereocenters. The summed E-state index contributed by atoms with van der Waals surface area (Å²) >= 11 is 0. The molecule has 21 heavy (non-hydrogen) atoms. The second-order valence-corrected chi connectivity index (χ2v) is 8.56. The lowest BCUT2D eigenvalue weighted by atomic mass is 9.75. The van der Waals surface area contributed by atoms with Crippen molar-refractivity contribution in [2.45, 2.75) is 57.9 Å². The minimum Gasteiger partial charge on any atom is -0.392 e. The lowest BCUT2D eigenvalue weighted by molar-refractivity contribution is 0.212. The van der Waals surface area contributed by atoms with E-state index >= 15 is 0 Å². The first-order valence-corrected chi connectivity index (χ1v) is 9.14. The van der Waals surface area contributed by atoms with E-state index in [0.717, 1.165) is 36.8 Å². The van der Waals surface area contributed by atoms with E-state index in [1.54, 1.807) is 24.3 Å². The Labute approximate surface area is 127 Å². The van der Waals surface area contributed by atoms with Gasteiger partial charge in [0.05, 0.1) is 12.4 Å². The molecule has 0 spiro atoms. The van der Waals surface area contributed by atoms with Crippen molar-refractivity contribution in [2.24, 2.45) is 5.41 Å². The van der Waals surface area contributed by atoms with E-state index in [-0.39, 0.29) is 23.8 Å². The lowest BCUT2D eigenvalue weighted by Crippen LogP contribution is -2.41. The number of hydrogen-bond donors (Lipinski definition) is 2. The minimum absolute atomic E-state index is 0.00433. The van der Waals surface area contributed by atoms with E-state index < -0.39 is 10.0 Å². The van der Waals surface area contributed by atoms with Crippen LogP contribution in [-0.4, -0.2) is 19.6 Å². The van der Waals surface area contributed by atoms with Crippen molar-refractivity contribution in [3.8, 4) is 0 Å². The van der Waals surface area contributed by atoms with E-state index in [4.69, 9.17) is 5.11 Å². The van der Waals surface area contributed by atoms with Crippen LogP contribution in [-0.2, 0) is 22.4 Å². The van der Waals surface area contributed by atoms with Crippen molar-refractivity contribution < 1.29 is 13.5 Å². The predicted molar refractivity (Wildman–Crippen MR) is 84.2 cm³/mol. The van der Waals surface area contributed by atoms with E-state index in [1.807, 2.05) is 0 Å². The molecule has 0 heterocycles. The molecule has 1 fully saturated rings. The third-order valence-corrected chi connectivity index (χ3v) is 5.52. The lowest BCUT2D eigenvalue weighted by Gasteiger charge is -2.35. The molecule has 5 heteroatoms. The third-order valence-electron chi connectivity index (χ3n) is 4.11. The summed E-state index contributed by atoms with van der Waals surface area (Å²) < 4.78 is 27.4. The van der Waals surface area contributed by atoms with Crippen molar-refractivity contribution in [1.82, 2.24) is 4.72 Å². The Morgan fingerprint density at radius 1 is 1.24 bits per heavy atom. The second-order valence-electron chi connectivity index (χ2n) is 6.81. The fourth-order valence-corrected chi connectivity index (χ4v) is 4.48. The van der Waals surface area contributed by atoms with Gasteiger partial charge in [-0.2, -0.15) is 0 Å². The zero-order valence-electron chi connectivity index (χ0n) is 12.8. The van der Waals surface area contributed by atoms with Gasteiger partial charge in [-0.1, -0.05) is 44.5 Å². The molecule has 4 nitrogen and oxygen atoms in total. The Kier molecular flexibility index (Phi) is 5.07. The van der Waals surface area contributed by atoms with Crippen LogP contribution in [0, 0.1) is 5.41 Å². The molecule has 0 radical (unpaired) electrons. The van der Waals surface area contributed by atoms with Gasteiger partial charge in [0.15, 0.2) is 0 Å². The number of aliphatic hydroxyl groups excluding tert-OH is 1. The molecule has 0 saturated heterocycles. The molecule has 1 aliphatic rings. The number of hydrogen-bond acceptors (Lipinski definition) is 3. The van der Waals surface area contributed by atoms with Crippen molar-refractivity contribution in [3.05, 3.63) is 35.4 Å². The molecule has 1 unspecified atom stereocenters. The third kappa shape index (κ3) is 5.09. The maximum Gasteiger partial charge on any atom is 0.216 e. The predicted octanol–water partition coefficient (Wildman–Crippen LogP) is 2.57. The topological polar surface area (TPSA) is 66.4 Å². The minimum atomic E-state index is -3.32. The van der Waals surface area contributed by atoms with Crippen LogP contribution in [0.15, 0.2) is 24.3 Å². The van der Waals surface area contributed by atoms with Gasteiger partial charge in [-0.05, 0) is 35.8 Å². The first kappa shape index (κ1) is 16.5. The van der Waals surface area contributed by atoms with Crippen LogP contribution >= 0.6 is 0 Å². The highest BCUT2D eigenvalue weighted by molar-refractivity contribution is 7.88. The summed E-state index contributed by atoms with van der Waals surface area (Å²) in [4.78, 5) is 0. The molecule has 1 aliphatic carbocycles. The van der Waals surface area contributed by atoms with Crippen LogP contribution in [0.3, 0.4) is 0 Å². The molecule has 0 aromatic heterocycles. The fraction of sp³-hybridized carbons (Fsp3) is 0.625. The molecule has 0 bridgehead atoms. The summed E-state index contributed by atoms with van der Waals surface area (Å²) in [6, 6.07) is 7.09. The van der Waals surface area contributed by atoms with Gasteiger partial charge < -0.3 is 5.11 Å². The van der Waals surface area contributed by atoms with Gasteiger partial charge in [0.2, 0.25) is 10.0 Å². The largest absolute Gasteiger partial charge is 0.392 e. The maximum absolute atomic E-state index is 12.3. The summed E-state index contributed by atoms with van der Waals surface area (Å²) in [5, 5.41) is 9.00. The summed E-state index contributed by atoms with van der Waals surface area (Å²) in [6.07, 6.45) is 4.06. The Morgan fingerprint density at radius 3 is 2.43 bits per heavy atom. The molecule has 0 amide bonds. The van der Waals surface area contributed by atoms with Gasteiger partial charge in [0, 0.05) is 6.04 Å².